The third-order valence-electron chi connectivity index (χ3n) is 6.74. The van der Waals surface area contributed by atoms with Crippen molar-refractivity contribution in [2.75, 3.05) is 5.73 Å². The van der Waals surface area contributed by atoms with E-state index in [4.69, 9.17) is 5.73 Å². The van der Waals surface area contributed by atoms with Crippen molar-refractivity contribution in [2.24, 2.45) is 5.41 Å². The van der Waals surface area contributed by atoms with Crippen molar-refractivity contribution in [3.8, 4) is 11.3 Å². The Morgan fingerprint density at radius 2 is 1.79 bits per heavy atom. The molecule has 0 saturated carbocycles. The van der Waals surface area contributed by atoms with E-state index in [1.54, 1.807) is 12.3 Å². The van der Waals surface area contributed by atoms with Crippen LogP contribution in [0.3, 0.4) is 0 Å². The van der Waals surface area contributed by atoms with Crippen LogP contribution in [0.1, 0.15) is 57.0 Å². The summed E-state index contributed by atoms with van der Waals surface area (Å²) in [5, 5.41) is 8.74. The van der Waals surface area contributed by atoms with Crippen LogP contribution >= 0.6 is 0 Å². The highest BCUT2D eigenvalue weighted by Crippen LogP contribution is 2.62. The van der Waals surface area contributed by atoms with Crippen LogP contribution in [0.4, 0.5) is 14.7 Å². The van der Waals surface area contributed by atoms with Crippen LogP contribution in [-0.4, -0.2) is 20.2 Å². The molecule has 1 aliphatic carbocycles. The lowest BCUT2D eigenvalue weighted by atomic mass is 9.61. The van der Waals surface area contributed by atoms with Gasteiger partial charge in [-0.05, 0) is 47.6 Å². The van der Waals surface area contributed by atoms with Gasteiger partial charge in [0.1, 0.15) is 11.6 Å². The molecule has 29 heavy (non-hydrogen) atoms. The molecule has 0 fully saturated rings. The van der Waals surface area contributed by atoms with Gasteiger partial charge in [0.15, 0.2) is 0 Å². The Labute approximate surface area is 168 Å². The van der Waals surface area contributed by atoms with E-state index in [1.165, 1.54) is 18.2 Å². The summed E-state index contributed by atoms with van der Waals surface area (Å²) in [6, 6.07) is 7.40. The molecular weight excluding hydrogens is 372 g/mol. The maximum atomic E-state index is 14.3. The maximum Gasteiger partial charge on any atom is 0.220 e. The molecule has 7 heteroatoms. The van der Waals surface area contributed by atoms with Crippen LogP contribution in [-0.2, 0) is 5.41 Å². The van der Waals surface area contributed by atoms with Gasteiger partial charge in [-0.15, -0.1) is 5.10 Å². The lowest BCUT2D eigenvalue weighted by Gasteiger charge is -2.42. The van der Waals surface area contributed by atoms with Gasteiger partial charge in [0, 0.05) is 6.20 Å². The van der Waals surface area contributed by atoms with Gasteiger partial charge in [-0.2, -0.15) is 5.10 Å². The van der Waals surface area contributed by atoms with Crippen molar-refractivity contribution in [1.29, 1.82) is 0 Å². The maximum absolute atomic E-state index is 14.3. The Bertz CT molecular complexity index is 1080. The SMILES string of the molecule is CCC1(c2ccnc(N)n2)c2nnc(-c3c(F)cccc3F)cc2C(C)C1(C)C. The second kappa shape index (κ2) is 6.54. The van der Waals surface area contributed by atoms with Gasteiger partial charge in [-0.1, -0.05) is 33.8 Å². The minimum absolute atomic E-state index is 0.0534. The van der Waals surface area contributed by atoms with E-state index in [-0.39, 0.29) is 28.5 Å². The van der Waals surface area contributed by atoms with Crippen molar-refractivity contribution in [1.82, 2.24) is 20.2 Å². The normalized spacial score (nSPS) is 22.5. The highest BCUT2D eigenvalue weighted by atomic mass is 19.1. The number of aromatic nitrogens is 4. The first kappa shape index (κ1) is 19.4. The molecule has 2 unspecified atom stereocenters. The average molecular weight is 395 g/mol. The van der Waals surface area contributed by atoms with Crippen LogP contribution in [0, 0.1) is 17.0 Å². The second-order valence-electron chi connectivity index (χ2n) is 8.13. The number of hydrogen-bond donors (Lipinski definition) is 1. The van der Waals surface area contributed by atoms with Gasteiger partial charge < -0.3 is 5.73 Å². The quantitative estimate of drug-likeness (QED) is 0.699. The van der Waals surface area contributed by atoms with E-state index in [2.05, 4.69) is 47.9 Å². The number of hydrogen-bond acceptors (Lipinski definition) is 5. The summed E-state index contributed by atoms with van der Waals surface area (Å²) in [4.78, 5) is 8.53. The van der Waals surface area contributed by atoms with E-state index < -0.39 is 17.0 Å². The zero-order valence-corrected chi connectivity index (χ0v) is 16.9. The molecule has 0 radical (unpaired) electrons. The predicted octanol–water partition coefficient (Wildman–Crippen LogP) is 4.63. The summed E-state index contributed by atoms with van der Waals surface area (Å²) >= 11 is 0. The first-order valence-corrected chi connectivity index (χ1v) is 9.65. The van der Waals surface area contributed by atoms with E-state index in [0.29, 0.717) is 0 Å². The van der Waals surface area contributed by atoms with E-state index in [9.17, 15) is 8.78 Å². The van der Waals surface area contributed by atoms with Gasteiger partial charge in [-0.25, -0.2) is 18.7 Å². The van der Waals surface area contributed by atoms with Crippen LogP contribution in [0.2, 0.25) is 0 Å². The summed E-state index contributed by atoms with van der Waals surface area (Å²) in [6.07, 6.45) is 2.36. The van der Waals surface area contributed by atoms with Crippen molar-refractivity contribution in [3.05, 3.63) is 65.1 Å². The molecule has 0 amide bonds. The van der Waals surface area contributed by atoms with Crippen molar-refractivity contribution in [2.45, 2.75) is 45.4 Å². The highest BCUT2D eigenvalue weighted by molar-refractivity contribution is 5.63. The highest BCUT2D eigenvalue weighted by Gasteiger charge is 2.58. The predicted molar refractivity (Wildman–Crippen MR) is 107 cm³/mol. The first-order chi connectivity index (χ1) is 13.7. The van der Waals surface area contributed by atoms with Crippen LogP contribution in [0.15, 0.2) is 36.5 Å². The van der Waals surface area contributed by atoms with Crippen molar-refractivity contribution >= 4 is 5.95 Å². The molecular formula is C22H23F2N5. The zero-order chi connectivity index (χ0) is 21.0. The van der Waals surface area contributed by atoms with Gasteiger partial charge in [0.25, 0.3) is 0 Å². The molecule has 0 saturated heterocycles. The zero-order valence-electron chi connectivity index (χ0n) is 16.9. The summed E-state index contributed by atoms with van der Waals surface area (Å²) in [7, 11) is 0. The molecule has 5 nitrogen and oxygen atoms in total. The second-order valence-corrected chi connectivity index (χ2v) is 8.13. The Morgan fingerprint density at radius 3 is 2.41 bits per heavy atom. The largest absolute Gasteiger partial charge is 0.368 e. The minimum Gasteiger partial charge on any atom is -0.368 e. The molecule has 0 bridgehead atoms. The van der Waals surface area contributed by atoms with Gasteiger partial charge in [0.05, 0.1) is 28.1 Å². The first-order valence-electron chi connectivity index (χ1n) is 9.65. The summed E-state index contributed by atoms with van der Waals surface area (Å²) in [5.41, 5.74) is 7.55. The van der Waals surface area contributed by atoms with Crippen LogP contribution in [0.25, 0.3) is 11.3 Å². The minimum atomic E-state index is -0.658. The van der Waals surface area contributed by atoms with Gasteiger partial charge in [-0.3, -0.25) is 0 Å². The number of anilines is 1. The number of rotatable bonds is 3. The van der Waals surface area contributed by atoms with E-state index in [0.717, 1.165) is 23.4 Å². The molecule has 1 aromatic carbocycles. The number of nitrogens with zero attached hydrogens (tertiary/aromatic N) is 4. The number of halogens is 2. The number of benzene rings is 1. The summed E-state index contributed by atoms with van der Waals surface area (Å²) in [5.74, 6) is -1.06. The lowest BCUT2D eigenvalue weighted by molar-refractivity contribution is 0.179. The Hall–Kier alpha value is -2.96. The summed E-state index contributed by atoms with van der Waals surface area (Å²) in [6.45, 7) is 8.49. The van der Waals surface area contributed by atoms with E-state index >= 15 is 0 Å². The standard InChI is InChI=1S/C22H23F2N5/c1-5-22(17-9-10-26-20(25)27-17)19-13(12(2)21(22,3)4)11-16(28-29-19)18-14(23)7-6-8-15(18)24/h6-12H,5H2,1-4H3,(H2,25,26,27). The fraction of sp³-hybridized carbons (Fsp3) is 0.364. The summed E-state index contributed by atoms with van der Waals surface area (Å²) < 4.78 is 28.7. The molecule has 2 atom stereocenters. The number of nitrogen functional groups attached to an aromatic ring is 1. The molecule has 2 aromatic heterocycles. The average Bonchev–Trinajstić information content (AvgIpc) is 2.85. The van der Waals surface area contributed by atoms with Crippen molar-refractivity contribution < 1.29 is 8.78 Å². The Kier molecular flexibility index (Phi) is 4.37. The van der Waals surface area contributed by atoms with Crippen LogP contribution in [0.5, 0.6) is 0 Å². The van der Waals surface area contributed by atoms with Crippen molar-refractivity contribution in [3.63, 3.8) is 0 Å². The molecule has 3 aromatic rings. The van der Waals surface area contributed by atoms with Gasteiger partial charge >= 0.3 is 0 Å². The fourth-order valence-electron chi connectivity index (χ4n) is 4.86. The smallest absolute Gasteiger partial charge is 0.220 e. The van der Waals surface area contributed by atoms with Gasteiger partial charge in [0.2, 0.25) is 5.95 Å². The number of nitrogens with two attached hydrogens (primary N) is 1. The Morgan fingerprint density at radius 1 is 1.10 bits per heavy atom. The molecule has 150 valence electrons. The number of fused-ring (bicyclic) bond motifs is 1. The fourth-order valence-corrected chi connectivity index (χ4v) is 4.86. The molecule has 2 heterocycles. The third kappa shape index (κ3) is 2.56. The van der Waals surface area contributed by atoms with Crippen LogP contribution < -0.4 is 5.73 Å². The monoisotopic (exact) mass is 395 g/mol. The van der Waals surface area contributed by atoms with E-state index in [1.807, 2.05) is 6.07 Å². The molecule has 0 aliphatic heterocycles. The Balaban J connectivity index is 1.98. The lowest BCUT2D eigenvalue weighted by Crippen LogP contribution is -2.41. The topological polar surface area (TPSA) is 77.6 Å². The molecule has 2 N–H and O–H groups in total. The third-order valence-corrected chi connectivity index (χ3v) is 6.74. The molecule has 0 spiro atoms. The molecule has 1 aliphatic rings. The molecule has 4 rings (SSSR count).